The number of ether oxygens (including phenoxy) is 2. The largest absolute Gasteiger partial charge is 0.489 e. The molecule has 0 radical (unpaired) electrons. The molecule has 1 amide bonds. The lowest BCUT2D eigenvalue weighted by Crippen LogP contribution is -2.44. The molecule has 0 spiro atoms. The van der Waals surface area contributed by atoms with E-state index in [-0.39, 0.29) is 12.2 Å². The lowest BCUT2D eigenvalue weighted by molar-refractivity contribution is 0.0126. The van der Waals surface area contributed by atoms with Crippen LogP contribution in [-0.2, 0) is 4.74 Å². The van der Waals surface area contributed by atoms with Gasteiger partial charge in [0.1, 0.15) is 17.5 Å². The zero-order valence-corrected chi connectivity index (χ0v) is 15.3. The second-order valence-corrected chi connectivity index (χ2v) is 7.57. The van der Waals surface area contributed by atoms with Crippen molar-refractivity contribution in [2.45, 2.75) is 52.2 Å². The van der Waals surface area contributed by atoms with E-state index in [4.69, 9.17) is 9.47 Å². The van der Waals surface area contributed by atoms with Gasteiger partial charge in [-0.25, -0.2) is 4.79 Å². The maximum Gasteiger partial charge on any atom is 0.410 e. The van der Waals surface area contributed by atoms with E-state index in [1.165, 1.54) is 5.56 Å². The summed E-state index contributed by atoms with van der Waals surface area (Å²) in [6.45, 7) is 9.04. The highest BCUT2D eigenvalue weighted by Crippen LogP contribution is 2.28. The third-order valence-electron chi connectivity index (χ3n) is 3.47. The van der Waals surface area contributed by atoms with Crippen LogP contribution < -0.4 is 4.74 Å². The summed E-state index contributed by atoms with van der Waals surface area (Å²) in [6, 6.07) is 6.07. The Morgan fingerprint density at radius 3 is 2.45 bits per heavy atom. The third kappa shape index (κ3) is 4.90. The van der Waals surface area contributed by atoms with Crippen molar-refractivity contribution in [3.63, 3.8) is 0 Å². The fourth-order valence-electron chi connectivity index (χ4n) is 2.36. The fraction of sp³-hybridized carbons (Fsp3) is 0.588. The van der Waals surface area contributed by atoms with Gasteiger partial charge in [-0.3, -0.25) is 0 Å². The SMILES string of the molecule is Cc1ccc(OC2CCN(C(=O)OC(C)(C)C)CC2)c(Br)c1. The van der Waals surface area contributed by atoms with E-state index in [0.29, 0.717) is 13.1 Å². The lowest BCUT2D eigenvalue weighted by Gasteiger charge is -2.33. The van der Waals surface area contributed by atoms with Gasteiger partial charge in [0.05, 0.1) is 4.47 Å². The van der Waals surface area contributed by atoms with E-state index >= 15 is 0 Å². The molecule has 1 fully saturated rings. The Balaban J connectivity index is 1.86. The number of amides is 1. The number of nitrogens with zero attached hydrogens (tertiary/aromatic N) is 1. The Bertz CT molecular complexity index is 531. The van der Waals surface area contributed by atoms with Gasteiger partial charge in [-0.1, -0.05) is 6.07 Å². The molecule has 0 atom stereocenters. The number of carbonyl (C=O) groups excluding carboxylic acids is 1. The van der Waals surface area contributed by atoms with Gasteiger partial charge >= 0.3 is 6.09 Å². The summed E-state index contributed by atoms with van der Waals surface area (Å²) in [7, 11) is 0. The second kappa shape index (κ2) is 6.90. The molecule has 1 saturated heterocycles. The summed E-state index contributed by atoms with van der Waals surface area (Å²) in [5.41, 5.74) is 0.746. The van der Waals surface area contributed by atoms with E-state index in [2.05, 4.69) is 15.9 Å². The molecule has 0 bridgehead atoms. The number of carbonyl (C=O) groups is 1. The highest BCUT2D eigenvalue weighted by atomic mass is 79.9. The van der Waals surface area contributed by atoms with Gasteiger partial charge in [0.2, 0.25) is 0 Å². The van der Waals surface area contributed by atoms with Crippen LogP contribution in [0.2, 0.25) is 0 Å². The quantitative estimate of drug-likeness (QED) is 0.768. The molecule has 1 aromatic carbocycles. The lowest BCUT2D eigenvalue weighted by atomic mass is 10.1. The molecular formula is C17H24BrNO3. The molecule has 22 heavy (non-hydrogen) atoms. The molecule has 4 nitrogen and oxygen atoms in total. The number of rotatable bonds is 2. The van der Waals surface area contributed by atoms with Crippen LogP contribution in [0.5, 0.6) is 5.75 Å². The van der Waals surface area contributed by atoms with Crippen molar-refractivity contribution < 1.29 is 14.3 Å². The zero-order valence-electron chi connectivity index (χ0n) is 13.7. The Labute approximate surface area is 140 Å². The van der Waals surface area contributed by atoms with Crippen LogP contribution in [0.15, 0.2) is 22.7 Å². The van der Waals surface area contributed by atoms with Crippen LogP contribution in [0, 0.1) is 6.92 Å². The predicted molar refractivity (Wildman–Crippen MR) is 90.3 cm³/mol. The molecule has 0 aromatic heterocycles. The number of hydrogen-bond acceptors (Lipinski definition) is 3. The molecule has 0 unspecified atom stereocenters. The second-order valence-electron chi connectivity index (χ2n) is 6.72. The minimum absolute atomic E-state index is 0.137. The van der Waals surface area contributed by atoms with Gasteiger partial charge < -0.3 is 14.4 Å². The monoisotopic (exact) mass is 369 g/mol. The molecule has 1 aromatic rings. The van der Waals surface area contributed by atoms with Crippen molar-refractivity contribution in [1.29, 1.82) is 0 Å². The Hall–Kier alpha value is -1.23. The van der Waals surface area contributed by atoms with Crippen molar-refractivity contribution in [2.75, 3.05) is 13.1 Å². The smallest absolute Gasteiger partial charge is 0.410 e. The van der Waals surface area contributed by atoms with Gasteiger partial charge in [0.25, 0.3) is 0 Å². The Morgan fingerprint density at radius 2 is 1.91 bits per heavy atom. The summed E-state index contributed by atoms with van der Waals surface area (Å²) in [4.78, 5) is 13.8. The number of benzene rings is 1. The zero-order chi connectivity index (χ0) is 16.3. The van der Waals surface area contributed by atoms with E-state index < -0.39 is 5.60 Å². The minimum Gasteiger partial charge on any atom is -0.489 e. The molecule has 1 aliphatic rings. The molecular weight excluding hydrogens is 346 g/mol. The van der Waals surface area contributed by atoms with Crippen LogP contribution in [-0.4, -0.2) is 35.8 Å². The average molecular weight is 370 g/mol. The van der Waals surface area contributed by atoms with Crippen molar-refractivity contribution >= 4 is 22.0 Å². The van der Waals surface area contributed by atoms with Crippen LogP contribution in [0.4, 0.5) is 4.79 Å². The highest BCUT2D eigenvalue weighted by molar-refractivity contribution is 9.10. The molecule has 2 rings (SSSR count). The first-order chi connectivity index (χ1) is 10.2. The molecule has 5 heteroatoms. The first-order valence-electron chi connectivity index (χ1n) is 7.65. The number of halogens is 1. The number of hydrogen-bond donors (Lipinski definition) is 0. The van der Waals surface area contributed by atoms with Crippen molar-refractivity contribution in [1.82, 2.24) is 4.90 Å². The number of piperidine rings is 1. The van der Waals surface area contributed by atoms with Crippen molar-refractivity contribution in [2.24, 2.45) is 0 Å². The Kier molecular flexibility index (Phi) is 5.37. The summed E-state index contributed by atoms with van der Waals surface area (Å²) < 4.78 is 12.4. The summed E-state index contributed by atoms with van der Waals surface area (Å²) in [5.74, 6) is 0.862. The molecule has 1 heterocycles. The molecule has 0 N–H and O–H groups in total. The van der Waals surface area contributed by atoms with E-state index in [0.717, 1.165) is 23.1 Å². The van der Waals surface area contributed by atoms with Gasteiger partial charge in [-0.2, -0.15) is 0 Å². The number of aryl methyl sites for hydroxylation is 1. The maximum atomic E-state index is 12.0. The van der Waals surface area contributed by atoms with Crippen molar-refractivity contribution in [3.8, 4) is 5.75 Å². The predicted octanol–water partition coefficient (Wildman–Crippen LogP) is 4.54. The van der Waals surface area contributed by atoms with Crippen LogP contribution in [0.3, 0.4) is 0 Å². The third-order valence-corrected chi connectivity index (χ3v) is 4.09. The van der Waals surface area contributed by atoms with Crippen molar-refractivity contribution in [3.05, 3.63) is 28.2 Å². The van der Waals surface area contributed by atoms with Gasteiger partial charge in [-0.15, -0.1) is 0 Å². The highest BCUT2D eigenvalue weighted by Gasteiger charge is 2.27. The van der Waals surface area contributed by atoms with E-state index in [1.807, 2.05) is 45.9 Å². The van der Waals surface area contributed by atoms with Crippen LogP contribution in [0.25, 0.3) is 0 Å². The van der Waals surface area contributed by atoms with Gasteiger partial charge in [-0.05, 0) is 61.3 Å². The standard InChI is InChI=1S/C17H24BrNO3/c1-12-5-6-15(14(18)11-12)21-13-7-9-19(10-8-13)16(20)22-17(2,3)4/h5-6,11,13H,7-10H2,1-4H3. The Morgan fingerprint density at radius 1 is 1.27 bits per heavy atom. The van der Waals surface area contributed by atoms with Gasteiger partial charge in [0.15, 0.2) is 0 Å². The van der Waals surface area contributed by atoms with Crippen LogP contribution >= 0.6 is 15.9 Å². The summed E-state index contributed by atoms with van der Waals surface area (Å²) in [5, 5.41) is 0. The topological polar surface area (TPSA) is 38.8 Å². The van der Waals surface area contributed by atoms with E-state index in [9.17, 15) is 4.79 Å². The first-order valence-corrected chi connectivity index (χ1v) is 8.44. The minimum atomic E-state index is -0.447. The molecule has 0 aliphatic carbocycles. The fourth-order valence-corrected chi connectivity index (χ4v) is 2.95. The van der Waals surface area contributed by atoms with E-state index in [1.54, 1.807) is 4.90 Å². The molecule has 122 valence electrons. The first kappa shape index (κ1) is 17.1. The normalized spacial score (nSPS) is 16.5. The maximum absolute atomic E-state index is 12.0. The summed E-state index contributed by atoms with van der Waals surface area (Å²) >= 11 is 3.53. The average Bonchev–Trinajstić information content (AvgIpc) is 2.41. The molecule has 1 aliphatic heterocycles. The van der Waals surface area contributed by atoms with Gasteiger partial charge in [0, 0.05) is 25.9 Å². The summed E-state index contributed by atoms with van der Waals surface area (Å²) in [6.07, 6.45) is 1.54. The van der Waals surface area contributed by atoms with Crippen LogP contribution in [0.1, 0.15) is 39.2 Å². The number of likely N-dealkylation sites (tertiary alicyclic amines) is 1. The molecule has 0 saturated carbocycles.